The molecule has 22 heavy (non-hydrogen) atoms. The molecule has 0 spiro atoms. The number of nitrogens with one attached hydrogen (secondary N) is 1. The highest BCUT2D eigenvalue weighted by molar-refractivity contribution is 6.04. The SMILES string of the molecule is Cc1cc(-c2nnc(NC(=O)c3ccccc3C)o2)c(C)o1. The van der Waals surface area contributed by atoms with Gasteiger partial charge in [-0.25, -0.2) is 0 Å². The van der Waals surface area contributed by atoms with Gasteiger partial charge in [-0.3, -0.25) is 10.1 Å². The summed E-state index contributed by atoms with van der Waals surface area (Å²) in [7, 11) is 0. The van der Waals surface area contributed by atoms with Crippen LogP contribution in [0, 0.1) is 20.8 Å². The summed E-state index contributed by atoms with van der Waals surface area (Å²) < 4.78 is 10.9. The van der Waals surface area contributed by atoms with Crippen LogP contribution in [-0.4, -0.2) is 16.1 Å². The van der Waals surface area contributed by atoms with Gasteiger partial charge in [0.05, 0.1) is 5.56 Å². The van der Waals surface area contributed by atoms with Gasteiger partial charge in [-0.2, -0.15) is 0 Å². The van der Waals surface area contributed by atoms with Crippen LogP contribution in [0.25, 0.3) is 11.5 Å². The molecule has 2 heterocycles. The highest BCUT2D eigenvalue weighted by Gasteiger charge is 2.17. The number of aromatic nitrogens is 2. The maximum atomic E-state index is 12.2. The molecule has 3 aromatic rings. The van der Waals surface area contributed by atoms with Crippen molar-refractivity contribution in [2.75, 3.05) is 5.32 Å². The van der Waals surface area contributed by atoms with Crippen LogP contribution in [0.15, 0.2) is 39.2 Å². The molecule has 0 atom stereocenters. The molecule has 0 aliphatic rings. The fraction of sp³-hybridized carbons (Fsp3) is 0.188. The lowest BCUT2D eigenvalue weighted by atomic mass is 10.1. The molecule has 0 saturated heterocycles. The second-order valence-electron chi connectivity index (χ2n) is 5.01. The summed E-state index contributed by atoms with van der Waals surface area (Å²) in [6, 6.07) is 9.16. The van der Waals surface area contributed by atoms with Gasteiger partial charge in [0.15, 0.2) is 0 Å². The summed E-state index contributed by atoms with van der Waals surface area (Å²) >= 11 is 0. The van der Waals surface area contributed by atoms with E-state index in [1.165, 1.54) is 0 Å². The zero-order valence-electron chi connectivity index (χ0n) is 12.5. The van der Waals surface area contributed by atoms with Crippen molar-refractivity contribution in [3.63, 3.8) is 0 Å². The Labute approximate surface area is 127 Å². The van der Waals surface area contributed by atoms with E-state index in [-0.39, 0.29) is 11.9 Å². The number of nitrogens with zero attached hydrogens (tertiary/aromatic N) is 2. The Morgan fingerprint density at radius 2 is 1.86 bits per heavy atom. The minimum absolute atomic E-state index is 0.0570. The molecule has 0 fully saturated rings. The number of carbonyl (C=O) groups is 1. The first-order chi connectivity index (χ1) is 10.5. The third-order valence-electron chi connectivity index (χ3n) is 3.31. The zero-order chi connectivity index (χ0) is 15.7. The van der Waals surface area contributed by atoms with Crippen LogP contribution in [-0.2, 0) is 0 Å². The number of aryl methyl sites for hydroxylation is 3. The summed E-state index contributed by atoms with van der Waals surface area (Å²) in [6.45, 7) is 5.53. The standard InChI is InChI=1S/C16H15N3O3/c1-9-6-4-5-7-12(9)14(20)17-16-19-18-15(22-16)13-8-10(2)21-11(13)3/h4-8H,1-3H3,(H,17,19,20). The fourth-order valence-corrected chi connectivity index (χ4v) is 2.22. The van der Waals surface area contributed by atoms with Crippen LogP contribution in [0.5, 0.6) is 0 Å². The predicted octanol–water partition coefficient (Wildman–Crippen LogP) is 3.51. The Kier molecular flexibility index (Phi) is 3.50. The van der Waals surface area contributed by atoms with Gasteiger partial charge in [0.25, 0.3) is 11.8 Å². The molecular weight excluding hydrogens is 282 g/mol. The van der Waals surface area contributed by atoms with E-state index < -0.39 is 0 Å². The molecular formula is C16H15N3O3. The Bertz CT molecular complexity index is 833. The van der Waals surface area contributed by atoms with Crippen molar-refractivity contribution < 1.29 is 13.6 Å². The number of hydrogen-bond donors (Lipinski definition) is 1. The maximum absolute atomic E-state index is 12.2. The molecule has 6 heteroatoms. The summed E-state index contributed by atoms with van der Waals surface area (Å²) in [5.41, 5.74) is 2.17. The molecule has 1 aromatic carbocycles. The van der Waals surface area contributed by atoms with Crippen molar-refractivity contribution in [2.24, 2.45) is 0 Å². The summed E-state index contributed by atoms with van der Waals surface area (Å²) in [4.78, 5) is 12.2. The lowest BCUT2D eigenvalue weighted by Gasteiger charge is -2.03. The molecule has 0 saturated carbocycles. The third kappa shape index (κ3) is 2.63. The minimum Gasteiger partial charge on any atom is -0.466 e. The number of furan rings is 1. The number of anilines is 1. The average Bonchev–Trinajstić information content (AvgIpc) is 3.05. The number of carbonyl (C=O) groups excluding carboxylic acids is 1. The van der Waals surface area contributed by atoms with Gasteiger partial charge in [-0.05, 0) is 38.5 Å². The molecule has 1 N–H and O–H groups in total. The van der Waals surface area contributed by atoms with Crippen LogP contribution in [0.2, 0.25) is 0 Å². The van der Waals surface area contributed by atoms with Crippen LogP contribution >= 0.6 is 0 Å². The second-order valence-corrected chi connectivity index (χ2v) is 5.01. The van der Waals surface area contributed by atoms with Crippen molar-refractivity contribution >= 4 is 11.9 Å². The van der Waals surface area contributed by atoms with Gasteiger partial charge in [-0.15, -0.1) is 5.10 Å². The van der Waals surface area contributed by atoms with Crippen LogP contribution < -0.4 is 5.32 Å². The predicted molar refractivity (Wildman–Crippen MR) is 80.6 cm³/mol. The molecule has 0 unspecified atom stereocenters. The van der Waals surface area contributed by atoms with Gasteiger partial charge < -0.3 is 8.83 Å². The monoisotopic (exact) mass is 297 g/mol. The van der Waals surface area contributed by atoms with E-state index in [2.05, 4.69) is 15.5 Å². The number of hydrogen-bond acceptors (Lipinski definition) is 5. The molecule has 3 rings (SSSR count). The van der Waals surface area contributed by atoms with Gasteiger partial charge in [0, 0.05) is 5.56 Å². The summed E-state index contributed by atoms with van der Waals surface area (Å²) in [5, 5.41) is 10.4. The van der Waals surface area contributed by atoms with E-state index in [9.17, 15) is 4.79 Å². The largest absolute Gasteiger partial charge is 0.466 e. The van der Waals surface area contributed by atoms with Crippen molar-refractivity contribution in [3.05, 3.63) is 53.0 Å². The highest BCUT2D eigenvalue weighted by atomic mass is 16.4. The Morgan fingerprint density at radius 3 is 2.55 bits per heavy atom. The van der Waals surface area contributed by atoms with Crippen LogP contribution in [0.1, 0.15) is 27.4 Å². The first-order valence-electron chi connectivity index (χ1n) is 6.82. The molecule has 6 nitrogen and oxygen atoms in total. The Morgan fingerprint density at radius 1 is 1.09 bits per heavy atom. The topological polar surface area (TPSA) is 81.2 Å². The quantitative estimate of drug-likeness (QED) is 0.800. The summed E-state index contributed by atoms with van der Waals surface area (Å²) in [6.07, 6.45) is 0. The fourth-order valence-electron chi connectivity index (χ4n) is 2.22. The van der Waals surface area contributed by atoms with Crippen molar-refractivity contribution in [3.8, 4) is 11.5 Å². The maximum Gasteiger partial charge on any atom is 0.322 e. The summed E-state index contributed by atoms with van der Waals surface area (Å²) in [5.74, 6) is 1.48. The Hall–Kier alpha value is -2.89. The van der Waals surface area contributed by atoms with E-state index >= 15 is 0 Å². The second kappa shape index (κ2) is 5.48. The molecule has 2 aromatic heterocycles. The van der Waals surface area contributed by atoms with Gasteiger partial charge in [0.1, 0.15) is 11.5 Å². The molecule has 0 radical (unpaired) electrons. The highest BCUT2D eigenvalue weighted by Crippen LogP contribution is 2.26. The van der Waals surface area contributed by atoms with E-state index in [1.54, 1.807) is 12.1 Å². The number of rotatable bonds is 3. The molecule has 0 aliphatic heterocycles. The van der Waals surface area contributed by atoms with E-state index in [0.717, 1.165) is 16.9 Å². The first kappa shape index (κ1) is 14.1. The molecule has 0 bridgehead atoms. The normalized spacial score (nSPS) is 10.7. The van der Waals surface area contributed by atoms with Crippen LogP contribution in [0.4, 0.5) is 6.01 Å². The van der Waals surface area contributed by atoms with Crippen molar-refractivity contribution in [2.45, 2.75) is 20.8 Å². The van der Waals surface area contributed by atoms with E-state index in [0.29, 0.717) is 17.2 Å². The van der Waals surface area contributed by atoms with Crippen molar-refractivity contribution in [1.29, 1.82) is 0 Å². The average molecular weight is 297 g/mol. The van der Waals surface area contributed by atoms with Gasteiger partial charge >= 0.3 is 6.01 Å². The number of benzene rings is 1. The Balaban J connectivity index is 1.82. The lowest BCUT2D eigenvalue weighted by Crippen LogP contribution is -2.13. The third-order valence-corrected chi connectivity index (χ3v) is 3.31. The van der Waals surface area contributed by atoms with Crippen molar-refractivity contribution in [1.82, 2.24) is 10.2 Å². The molecule has 1 amide bonds. The van der Waals surface area contributed by atoms with E-state index in [1.807, 2.05) is 39.0 Å². The van der Waals surface area contributed by atoms with Crippen LogP contribution in [0.3, 0.4) is 0 Å². The van der Waals surface area contributed by atoms with Gasteiger partial charge in [0.2, 0.25) is 0 Å². The minimum atomic E-state index is -0.284. The van der Waals surface area contributed by atoms with Gasteiger partial charge in [-0.1, -0.05) is 23.3 Å². The molecule has 112 valence electrons. The number of amides is 1. The lowest BCUT2D eigenvalue weighted by molar-refractivity contribution is 0.102. The molecule has 0 aliphatic carbocycles. The first-order valence-corrected chi connectivity index (χ1v) is 6.82. The zero-order valence-corrected chi connectivity index (χ0v) is 12.5. The van der Waals surface area contributed by atoms with E-state index in [4.69, 9.17) is 8.83 Å². The smallest absolute Gasteiger partial charge is 0.322 e.